The molecule has 3 heteroatoms. The van der Waals surface area contributed by atoms with Gasteiger partial charge >= 0.3 is 0 Å². The van der Waals surface area contributed by atoms with Gasteiger partial charge in [0, 0.05) is 37.3 Å². The van der Waals surface area contributed by atoms with Crippen LogP contribution in [-0.2, 0) is 0 Å². The summed E-state index contributed by atoms with van der Waals surface area (Å²) in [6.45, 7) is 0. The average molecular weight is 214 g/mol. The van der Waals surface area contributed by atoms with Crippen molar-refractivity contribution >= 4 is 18.4 Å². The Kier molecular flexibility index (Phi) is 2.52. The van der Waals surface area contributed by atoms with Crippen LogP contribution in [0.4, 0.5) is 0 Å². The van der Waals surface area contributed by atoms with E-state index in [1.807, 2.05) is 43.4 Å². The predicted octanol–water partition coefficient (Wildman–Crippen LogP) is 0.410. The standard InChI is InChI=1S/C13H14N2O/c1-15(2)8-9-5-10-3-4-11(7-14)13(16)12(10)6-9/h3-8,14,16H,1-2H3/b9-8-,14-7?. The molecule has 0 aliphatic heterocycles. The van der Waals surface area contributed by atoms with Crippen LogP contribution in [-0.4, -0.2) is 30.3 Å². The Morgan fingerprint density at radius 2 is 2.00 bits per heavy atom. The summed E-state index contributed by atoms with van der Waals surface area (Å²) in [6.07, 6.45) is 7.10. The summed E-state index contributed by atoms with van der Waals surface area (Å²) in [5, 5.41) is 18.9. The molecule has 16 heavy (non-hydrogen) atoms. The van der Waals surface area contributed by atoms with Crippen LogP contribution in [0.3, 0.4) is 0 Å². The lowest BCUT2D eigenvalue weighted by Crippen LogP contribution is -2.22. The highest BCUT2D eigenvalue weighted by molar-refractivity contribution is 5.83. The molecule has 2 rings (SSSR count). The monoisotopic (exact) mass is 214 g/mol. The molecule has 0 unspecified atom stereocenters. The SMILES string of the molecule is CN(C)/C=C1/C=c2ccc(C=N)c(O)c2=C1. The third-order valence-electron chi connectivity index (χ3n) is 2.48. The molecule has 1 aliphatic carbocycles. The van der Waals surface area contributed by atoms with E-state index in [2.05, 4.69) is 0 Å². The lowest BCUT2D eigenvalue weighted by molar-refractivity contribution is 0.469. The number of hydrogen-bond donors (Lipinski definition) is 2. The third kappa shape index (κ3) is 1.72. The van der Waals surface area contributed by atoms with Gasteiger partial charge in [-0.05, 0) is 29.0 Å². The van der Waals surface area contributed by atoms with E-state index in [9.17, 15) is 5.11 Å². The Bertz CT molecular complexity index is 583. The highest BCUT2D eigenvalue weighted by atomic mass is 16.3. The topological polar surface area (TPSA) is 47.3 Å². The molecule has 3 nitrogen and oxygen atoms in total. The fourth-order valence-electron chi connectivity index (χ4n) is 1.80. The van der Waals surface area contributed by atoms with Gasteiger partial charge in [-0.3, -0.25) is 0 Å². The molecule has 0 saturated carbocycles. The van der Waals surface area contributed by atoms with E-state index in [4.69, 9.17) is 5.41 Å². The summed E-state index contributed by atoms with van der Waals surface area (Å²) in [5.74, 6) is 0.186. The van der Waals surface area contributed by atoms with Crippen LogP contribution in [0, 0.1) is 5.41 Å². The number of phenolic OH excluding ortho intramolecular Hbond substituents is 1. The van der Waals surface area contributed by atoms with E-state index in [1.165, 1.54) is 0 Å². The van der Waals surface area contributed by atoms with Gasteiger partial charge in [-0.15, -0.1) is 0 Å². The molecule has 1 aliphatic rings. The zero-order valence-corrected chi connectivity index (χ0v) is 9.36. The summed E-state index contributed by atoms with van der Waals surface area (Å²) in [4.78, 5) is 1.96. The first kappa shape index (κ1) is 10.5. The van der Waals surface area contributed by atoms with Gasteiger partial charge < -0.3 is 15.4 Å². The van der Waals surface area contributed by atoms with E-state index < -0.39 is 0 Å². The van der Waals surface area contributed by atoms with Crippen LogP contribution in [0.15, 0.2) is 23.9 Å². The van der Waals surface area contributed by atoms with Crippen molar-refractivity contribution in [1.29, 1.82) is 5.41 Å². The van der Waals surface area contributed by atoms with Crippen molar-refractivity contribution in [3.05, 3.63) is 39.9 Å². The van der Waals surface area contributed by atoms with Crippen molar-refractivity contribution in [2.45, 2.75) is 0 Å². The second-order valence-electron chi connectivity index (χ2n) is 4.03. The molecule has 0 saturated heterocycles. The highest BCUT2D eigenvalue weighted by Gasteiger charge is 2.06. The van der Waals surface area contributed by atoms with Gasteiger partial charge in [-0.25, -0.2) is 0 Å². The van der Waals surface area contributed by atoms with Crippen molar-refractivity contribution in [3.8, 4) is 5.75 Å². The van der Waals surface area contributed by atoms with Crippen LogP contribution in [0.5, 0.6) is 5.75 Å². The minimum atomic E-state index is 0.186. The molecule has 82 valence electrons. The fraction of sp³-hybridized carbons (Fsp3) is 0.154. The molecule has 0 bridgehead atoms. The number of nitrogens with zero attached hydrogens (tertiary/aromatic N) is 1. The Labute approximate surface area is 94.2 Å². The van der Waals surface area contributed by atoms with Crippen molar-refractivity contribution in [1.82, 2.24) is 4.90 Å². The third-order valence-corrected chi connectivity index (χ3v) is 2.48. The maximum Gasteiger partial charge on any atom is 0.132 e. The number of allylic oxidation sites excluding steroid dienone is 1. The lowest BCUT2D eigenvalue weighted by Gasteiger charge is -2.03. The Morgan fingerprint density at radius 3 is 2.62 bits per heavy atom. The predicted molar refractivity (Wildman–Crippen MR) is 65.9 cm³/mol. The quantitative estimate of drug-likeness (QED) is 0.700. The zero-order chi connectivity index (χ0) is 11.7. The van der Waals surface area contributed by atoms with E-state index >= 15 is 0 Å². The Morgan fingerprint density at radius 1 is 1.25 bits per heavy atom. The minimum Gasteiger partial charge on any atom is -0.507 e. The summed E-state index contributed by atoms with van der Waals surface area (Å²) < 4.78 is 0. The van der Waals surface area contributed by atoms with Gasteiger partial charge in [-0.2, -0.15) is 0 Å². The number of rotatable bonds is 2. The van der Waals surface area contributed by atoms with Gasteiger partial charge in [-0.1, -0.05) is 6.07 Å². The van der Waals surface area contributed by atoms with Crippen LogP contribution in [0.2, 0.25) is 0 Å². The maximum atomic E-state index is 9.92. The molecule has 1 aromatic carbocycles. The molecule has 0 radical (unpaired) electrons. The number of aromatic hydroxyl groups is 1. The molecule has 2 N–H and O–H groups in total. The van der Waals surface area contributed by atoms with Gasteiger partial charge in [0.15, 0.2) is 0 Å². The summed E-state index contributed by atoms with van der Waals surface area (Å²) in [6, 6.07) is 3.67. The normalized spacial score (nSPS) is 15.2. The van der Waals surface area contributed by atoms with E-state index in [1.54, 1.807) is 6.07 Å². The van der Waals surface area contributed by atoms with E-state index in [-0.39, 0.29) is 5.75 Å². The fourth-order valence-corrected chi connectivity index (χ4v) is 1.80. The first-order valence-corrected chi connectivity index (χ1v) is 5.06. The number of nitrogens with one attached hydrogen (secondary N) is 1. The minimum absolute atomic E-state index is 0.186. The van der Waals surface area contributed by atoms with Gasteiger partial charge in [0.1, 0.15) is 5.75 Å². The van der Waals surface area contributed by atoms with Crippen molar-refractivity contribution in [2.75, 3.05) is 14.1 Å². The number of fused-ring (bicyclic) bond motifs is 1. The molecule has 0 spiro atoms. The summed E-state index contributed by atoms with van der Waals surface area (Å²) in [5.41, 5.74) is 1.60. The van der Waals surface area contributed by atoms with Crippen molar-refractivity contribution in [3.63, 3.8) is 0 Å². The zero-order valence-electron chi connectivity index (χ0n) is 9.36. The molecule has 0 amide bonds. The van der Waals surface area contributed by atoms with Crippen molar-refractivity contribution in [2.24, 2.45) is 0 Å². The van der Waals surface area contributed by atoms with E-state index in [0.29, 0.717) is 5.56 Å². The van der Waals surface area contributed by atoms with Crippen molar-refractivity contribution < 1.29 is 5.11 Å². The number of benzene rings is 1. The number of hydrogen-bond acceptors (Lipinski definition) is 3. The molecule has 0 fully saturated rings. The first-order valence-electron chi connectivity index (χ1n) is 5.06. The Hall–Kier alpha value is -2.03. The first-order chi connectivity index (χ1) is 7.61. The second-order valence-corrected chi connectivity index (χ2v) is 4.03. The number of phenols is 1. The van der Waals surface area contributed by atoms with Crippen LogP contribution < -0.4 is 10.4 Å². The second kappa shape index (κ2) is 3.85. The molecule has 0 aromatic heterocycles. The van der Waals surface area contributed by atoms with E-state index in [0.717, 1.165) is 22.2 Å². The largest absolute Gasteiger partial charge is 0.507 e. The van der Waals surface area contributed by atoms with Gasteiger partial charge in [0.25, 0.3) is 0 Å². The van der Waals surface area contributed by atoms with Crippen LogP contribution in [0.1, 0.15) is 5.56 Å². The van der Waals surface area contributed by atoms with Gasteiger partial charge in [0.2, 0.25) is 0 Å². The Balaban J connectivity index is 2.64. The van der Waals surface area contributed by atoms with Crippen LogP contribution in [0.25, 0.3) is 12.2 Å². The van der Waals surface area contributed by atoms with Gasteiger partial charge in [0.05, 0.1) is 0 Å². The molecule has 1 aromatic rings. The summed E-state index contributed by atoms with van der Waals surface area (Å²) in [7, 11) is 3.92. The van der Waals surface area contributed by atoms with Crippen LogP contribution >= 0.6 is 0 Å². The maximum absolute atomic E-state index is 9.92. The molecule has 0 heterocycles. The molecular weight excluding hydrogens is 200 g/mol. The summed E-state index contributed by atoms with van der Waals surface area (Å²) >= 11 is 0. The average Bonchev–Trinajstić information content (AvgIpc) is 2.61. The highest BCUT2D eigenvalue weighted by Crippen LogP contribution is 2.10. The smallest absolute Gasteiger partial charge is 0.132 e. The molecule has 0 atom stereocenters. The molecular formula is C13H14N2O. The lowest BCUT2D eigenvalue weighted by atomic mass is 10.1.